The van der Waals surface area contributed by atoms with E-state index >= 15 is 0 Å². The third-order valence-electron chi connectivity index (χ3n) is 3.87. The number of aromatic nitrogens is 5. The topological polar surface area (TPSA) is 101 Å². The number of rotatable bonds is 3. The lowest BCUT2D eigenvalue weighted by atomic mass is 10.3. The largest absolute Gasteiger partial charge is 0.461 e. The molecule has 4 rings (SSSR count). The second-order valence-corrected chi connectivity index (χ2v) is 5.41. The van der Waals surface area contributed by atoms with Crippen molar-refractivity contribution in [1.82, 2.24) is 23.8 Å². The maximum absolute atomic E-state index is 12.4. The fourth-order valence-corrected chi connectivity index (χ4v) is 2.61. The highest BCUT2D eigenvalue weighted by Crippen LogP contribution is 2.21. The first kappa shape index (κ1) is 14.2. The Morgan fingerprint density at radius 3 is 2.75 bits per heavy atom. The van der Waals surface area contributed by atoms with Crippen LogP contribution in [0.1, 0.15) is 5.69 Å². The molecule has 0 fully saturated rings. The van der Waals surface area contributed by atoms with Gasteiger partial charge in [-0.1, -0.05) is 5.16 Å². The summed E-state index contributed by atoms with van der Waals surface area (Å²) >= 11 is 0. The minimum atomic E-state index is -0.417. The standard InChI is InChI=1S/C15H13N5O4/c1-18-13-12(14(21)19(2)15(18)22)20(8-16-13)7-9-6-11(24-17-9)10-4-3-5-23-10/h3-6,8H,7H2,1-2H3. The number of furan rings is 1. The zero-order valence-electron chi connectivity index (χ0n) is 13.0. The van der Waals surface area contributed by atoms with E-state index in [0.29, 0.717) is 28.4 Å². The van der Waals surface area contributed by atoms with Gasteiger partial charge in [-0.05, 0) is 12.1 Å². The van der Waals surface area contributed by atoms with Gasteiger partial charge < -0.3 is 13.5 Å². The van der Waals surface area contributed by atoms with Gasteiger partial charge in [-0.2, -0.15) is 0 Å². The van der Waals surface area contributed by atoms with E-state index in [1.807, 2.05) is 0 Å². The van der Waals surface area contributed by atoms with E-state index in [2.05, 4.69) is 10.1 Å². The zero-order chi connectivity index (χ0) is 16.8. The summed E-state index contributed by atoms with van der Waals surface area (Å²) in [6.45, 7) is 0.286. The van der Waals surface area contributed by atoms with Crippen molar-refractivity contribution < 1.29 is 8.94 Å². The highest BCUT2D eigenvalue weighted by Gasteiger charge is 2.16. The van der Waals surface area contributed by atoms with Crippen molar-refractivity contribution in [2.24, 2.45) is 14.1 Å². The zero-order valence-corrected chi connectivity index (χ0v) is 13.0. The van der Waals surface area contributed by atoms with Gasteiger partial charge in [0, 0.05) is 20.2 Å². The average molecular weight is 327 g/mol. The van der Waals surface area contributed by atoms with Crippen molar-refractivity contribution in [3.05, 3.63) is 57.3 Å². The van der Waals surface area contributed by atoms with Crippen LogP contribution in [0.3, 0.4) is 0 Å². The molecule has 0 bridgehead atoms. The Kier molecular flexibility index (Phi) is 3.02. The molecule has 9 nitrogen and oxygen atoms in total. The summed E-state index contributed by atoms with van der Waals surface area (Å²) in [7, 11) is 3.01. The summed E-state index contributed by atoms with van der Waals surface area (Å²) < 4.78 is 14.5. The summed E-state index contributed by atoms with van der Waals surface area (Å²) in [5.41, 5.74) is 0.455. The van der Waals surface area contributed by atoms with E-state index in [1.165, 1.54) is 17.9 Å². The van der Waals surface area contributed by atoms with E-state index in [0.717, 1.165) is 4.57 Å². The molecule has 4 heterocycles. The first-order valence-electron chi connectivity index (χ1n) is 7.16. The van der Waals surface area contributed by atoms with Crippen LogP contribution in [0.15, 0.2) is 49.3 Å². The Balaban J connectivity index is 1.79. The molecule has 24 heavy (non-hydrogen) atoms. The van der Waals surface area contributed by atoms with Gasteiger partial charge in [0.25, 0.3) is 5.56 Å². The molecule has 0 saturated carbocycles. The molecule has 0 aliphatic rings. The number of aryl methyl sites for hydroxylation is 1. The van der Waals surface area contributed by atoms with Crippen LogP contribution in [0.2, 0.25) is 0 Å². The molecule has 0 spiro atoms. The first-order chi connectivity index (χ1) is 11.6. The highest BCUT2D eigenvalue weighted by atomic mass is 16.5. The van der Waals surface area contributed by atoms with Gasteiger partial charge in [0.2, 0.25) is 5.76 Å². The van der Waals surface area contributed by atoms with E-state index in [-0.39, 0.29) is 6.54 Å². The fourth-order valence-electron chi connectivity index (χ4n) is 2.61. The molecule has 0 N–H and O–H groups in total. The predicted molar refractivity (Wildman–Crippen MR) is 83.5 cm³/mol. The molecule has 0 aliphatic heterocycles. The second kappa shape index (κ2) is 5.08. The Morgan fingerprint density at radius 1 is 1.17 bits per heavy atom. The van der Waals surface area contributed by atoms with Crippen LogP contribution in [0.4, 0.5) is 0 Å². The fraction of sp³-hybridized carbons (Fsp3) is 0.200. The number of fused-ring (bicyclic) bond motifs is 1. The number of nitrogens with zero attached hydrogens (tertiary/aromatic N) is 5. The predicted octanol–water partition coefficient (Wildman–Crippen LogP) is 0.730. The van der Waals surface area contributed by atoms with Gasteiger partial charge in [0.1, 0.15) is 5.69 Å². The molecular weight excluding hydrogens is 314 g/mol. The van der Waals surface area contributed by atoms with Crippen molar-refractivity contribution in [3.63, 3.8) is 0 Å². The quantitative estimate of drug-likeness (QED) is 0.550. The van der Waals surface area contributed by atoms with Crippen molar-refractivity contribution in [3.8, 4) is 11.5 Å². The molecule has 0 atom stereocenters. The normalized spacial score (nSPS) is 11.4. The summed E-state index contributed by atoms with van der Waals surface area (Å²) in [4.78, 5) is 28.5. The van der Waals surface area contributed by atoms with Crippen LogP contribution >= 0.6 is 0 Å². The van der Waals surface area contributed by atoms with Crippen LogP contribution in [0.5, 0.6) is 0 Å². The SMILES string of the molecule is Cn1c(=O)c2c(ncn2Cc2cc(-c3ccco3)on2)n(C)c1=O. The maximum Gasteiger partial charge on any atom is 0.332 e. The Morgan fingerprint density at radius 2 is 2.00 bits per heavy atom. The van der Waals surface area contributed by atoms with E-state index in [4.69, 9.17) is 8.94 Å². The van der Waals surface area contributed by atoms with Crippen molar-refractivity contribution in [1.29, 1.82) is 0 Å². The van der Waals surface area contributed by atoms with Crippen LogP contribution in [-0.4, -0.2) is 23.8 Å². The van der Waals surface area contributed by atoms with Crippen molar-refractivity contribution in [2.45, 2.75) is 6.54 Å². The van der Waals surface area contributed by atoms with Gasteiger partial charge in [-0.3, -0.25) is 13.9 Å². The van der Waals surface area contributed by atoms with Gasteiger partial charge in [-0.25, -0.2) is 9.78 Å². The molecule has 0 unspecified atom stereocenters. The lowest BCUT2D eigenvalue weighted by Crippen LogP contribution is -2.37. The first-order valence-corrected chi connectivity index (χ1v) is 7.16. The molecule has 4 aromatic rings. The van der Waals surface area contributed by atoms with Crippen LogP contribution in [0, 0.1) is 0 Å². The minimum Gasteiger partial charge on any atom is -0.461 e. The Labute approximate surface area is 134 Å². The maximum atomic E-state index is 12.4. The smallest absolute Gasteiger partial charge is 0.332 e. The van der Waals surface area contributed by atoms with Gasteiger partial charge >= 0.3 is 5.69 Å². The second-order valence-electron chi connectivity index (χ2n) is 5.41. The minimum absolute atomic E-state index is 0.286. The number of hydrogen-bond acceptors (Lipinski definition) is 6. The molecule has 4 aromatic heterocycles. The van der Waals surface area contributed by atoms with E-state index < -0.39 is 11.2 Å². The average Bonchev–Trinajstić information content (AvgIpc) is 3.31. The molecule has 0 saturated heterocycles. The molecular formula is C15H13N5O4. The Hall–Kier alpha value is -3.36. The lowest BCUT2D eigenvalue weighted by molar-refractivity contribution is 0.409. The van der Waals surface area contributed by atoms with Crippen LogP contribution < -0.4 is 11.2 Å². The molecule has 0 aromatic carbocycles. The third kappa shape index (κ3) is 2.02. The molecule has 0 amide bonds. The van der Waals surface area contributed by atoms with Crippen LogP contribution in [-0.2, 0) is 20.6 Å². The van der Waals surface area contributed by atoms with Gasteiger partial charge in [-0.15, -0.1) is 0 Å². The van der Waals surface area contributed by atoms with Crippen molar-refractivity contribution in [2.75, 3.05) is 0 Å². The lowest BCUT2D eigenvalue weighted by Gasteiger charge is -2.05. The monoisotopic (exact) mass is 327 g/mol. The number of imidazole rings is 1. The molecule has 0 aliphatic carbocycles. The van der Waals surface area contributed by atoms with E-state index in [9.17, 15) is 9.59 Å². The van der Waals surface area contributed by atoms with Crippen molar-refractivity contribution >= 4 is 11.2 Å². The van der Waals surface area contributed by atoms with Crippen LogP contribution in [0.25, 0.3) is 22.7 Å². The Bertz CT molecular complexity index is 1140. The molecule has 0 radical (unpaired) electrons. The third-order valence-corrected chi connectivity index (χ3v) is 3.87. The summed E-state index contributed by atoms with van der Waals surface area (Å²) in [5.74, 6) is 1.07. The van der Waals surface area contributed by atoms with Gasteiger partial charge in [0.05, 0.1) is 19.1 Å². The summed E-state index contributed by atoms with van der Waals surface area (Å²) in [6.07, 6.45) is 3.05. The summed E-state index contributed by atoms with van der Waals surface area (Å²) in [5, 5.41) is 3.98. The van der Waals surface area contributed by atoms with E-state index in [1.54, 1.807) is 36.1 Å². The summed E-state index contributed by atoms with van der Waals surface area (Å²) in [6, 6.07) is 5.25. The van der Waals surface area contributed by atoms with Gasteiger partial charge in [0.15, 0.2) is 16.9 Å². The molecule has 122 valence electrons. The highest BCUT2D eigenvalue weighted by molar-refractivity contribution is 5.70. The molecule has 9 heteroatoms. The number of hydrogen-bond donors (Lipinski definition) is 0.